The van der Waals surface area contributed by atoms with Crippen LogP contribution in [0.5, 0.6) is 0 Å². The van der Waals surface area contributed by atoms with Gasteiger partial charge in [0.15, 0.2) is 11.5 Å². The van der Waals surface area contributed by atoms with E-state index < -0.39 is 0 Å². The molecule has 124 valence electrons. The first kappa shape index (κ1) is 14.8. The van der Waals surface area contributed by atoms with Gasteiger partial charge in [0.05, 0.1) is 6.42 Å². The number of carbonyl (C=O) groups excluding carboxylic acids is 1. The number of amides is 1. The molecule has 0 aromatic carbocycles. The predicted octanol–water partition coefficient (Wildman–Crippen LogP) is 1.73. The van der Waals surface area contributed by atoms with E-state index >= 15 is 0 Å². The van der Waals surface area contributed by atoms with Crippen LogP contribution >= 0.6 is 0 Å². The second-order valence-corrected chi connectivity index (χ2v) is 6.02. The first-order valence-corrected chi connectivity index (χ1v) is 8.19. The van der Waals surface area contributed by atoms with Crippen LogP contribution < -0.4 is 5.32 Å². The molecule has 0 saturated heterocycles. The highest BCUT2D eigenvalue weighted by molar-refractivity contribution is 5.78. The highest BCUT2D eigenvalue weighted by Crippen LogP contribution is 2.38. The Morgan fingerprint density at radius 2 is 2.29 bits per heavy atom. The van der Waals surface area contributed by atoms with Gasteiger partial charge in [-0.2, -0.15) is 4.98 Å². The molecule has 0 atom stereocenters. The summed E-state index contributed by atoms with van der Waals surface area (Å²) in [7, 11) is 0. The van der Waals surface area contributed by atoms with Crippen LogP contribution in [0.4, 0.5) is 0 Å². The molecule has 3 aromatic heterocycles. The number of hydrogen-bond donors (Lipinski definition) is 1. The topological polar surface area (TPSA) is 98.2 Å². The molecule has 8 nitrogen and oxygen atoms in total. The average Bonchev–Trinajstić information content (AvgIpc) is 3.19. The summed E-state index contributed by atoms with van der Waals surface area (Å²) in [5.41, 5.74) is 1.45. The fourth-order valence-corrected chi connectivity index (χ4v) is 2.52. The maximum atomic E-state index is 11.8. The van der Waals surface area contributed by atoms with Gasteiger partial charge in [-0.3, -0.25) is 9.20 Å². The lowest BCUT2D eigenvalue weighted by Crippen LogP contribution is -2.26. The number of carbonyl (C=O) groups is 1. The van der Waals surface area contributed by atoms with E-state index in [1.54, 1.807) is 4.40 Å². The summed E-state index contributed by atoms with van der Waals surface area (Å²) in [6.45, 7) is 2.68. The molecule has 1 saturated carbocycles. The fraction of sp³-hybridized carbons (Fsp3) is 0.438. The average molecular weight is 326 g/mol. The number of rotatable bonds is 6. The van der Waals surface area contributed by atoms with Crippen molar-refractivity contribution in [3.05, 3.63) is 30.0 Å². The second-order valence-electron chi connectivity index (χ2n) is 6.02. The van der Waals surface area contributed by atoms with E-state index in [0.717, 1.165) is 30.7 Å². The van der Waals surface area contributed by atoms with Gasteiger partial charge in [0.2, 0.25) is 5.91 Å². The van der Waals surface area contributed by atoms with Gasteiger partial charge < -0.3 is 9.84 Å². The van der Waals surface area contributed by atoms with E-state index in [2.05, 4.69) is 25.7 Å². The summed E-state index contributed by atoms with van der Waals surface area (Å²) in [5, 5.41) is 15.1. The summed E-state index contributed by atoms with van der Waals surface area (Å²) in [6.07, 6.45) is 5.20. The van der Waals surface area contributed by atoms with E-state index in [9.17, 15) is 4.79 Å². The van der Waals surface area contributed by atoms with Crippen molar-refractivity contribution >= 4 is 11.6 Å². The van der Waals surface area contributed by atoms with Crippen LogP contribution in [0.25, 0.3) is 17.1 Å². The van der Waals surface area contributed by atoms with Gasteiger partial charge in [-0.1, -0.05) is 12.1 Å². The fourth-order valence-electron chi connectivity index (χ4n) is 2.52. The van der Waals surface area contributed by atoms with E-state index in [0.29, 0.717) is 29.8 Å². The van der Waals surface area contributed by atoms with Crippen molar-refractivity contribution < 1.29 is 9.32 Å². The SMILES string of the molecule is CCCNC(=O)Cc1nnc2cc(-c3nc(C4CC4)no3)ccn12. The van der Waals surface area contributed by atoms with E-state index in [4.69, 9.17) is 4.52 Å². The third-order valence-corrected chi connectivity index (χ3v) is 4.00. The molecular formula is C16H18N6O2. The Bertz CT molecular complexity index is 880. The smallest absolute Gasteiger partial charge is 0.258 e. The normalized spacial score (nSPS) is 14.2. The van der Waals surface area contributed by atoms with Gasteiger partial charge in [0, 0.05) is 24.2 Å². The number of hydrogen-bond acceptors (Lipinski definition) is 6. The third-order valence-electron chi connectivity index (χ3n) is 4.00. The lowest BCUT2D eigenvalue weighted by atomic mass is 10.2. The predicted molar refractivity (Wildman–Crippen MR) is 85.3 cm³/mol. The van der Waals surface area contributed by atoms with Crippen LogP contribution in [-0.4, -0.2) is 37.2 Å². The van der Waals surface area contributed by atoms with Crippen LogP contribution in [0.3, 0.4) is 0 Å². The molecule has 24 heavy (non-hydrogen) atoms. The minimum Gasteiger partial charge on any atom is -0.356 e. The number of nitrogens with one attached hydrogen (secondary N) is 1. The zero-order valence-electron chi connectivity index (χ0n) is 13.4. The van der Waals surface area contributed by atoms with E-state index in [-0.39, 0.29) is 12.3 Å². The molecular weight excluding hydrogens is 308 g/mol. The minimum absolute atomic E-state index is 0.0544. The highest BCUT2D eigenvalue weighted by Gasteiger charge is 2.29. The quantitative estimate of drug-likeness (QED) is 0.740. The molecule has 3 aromatic rings. The molecule has 1 fully saturated rings. The van der Waals surface area contributed by atoms with Crippen LogP contribution in [0.2, 0.25) is 0 Å². The van der Waals surface area contributed by atoms with Crippen molar-refractivity contribution in [1.29, 1.82) is 0 Å². The van der Waals surface area contributed by atoms with Crippen LogP contribution in [0, 0.1) is 0 Å². The molecule has 4 rings (SSSR count). The number of nitrogens with zero attached hydrogens (tertiary/aromatic N) is 5. The summed E-state index contributed by atoms with van der Waals surface area (Å²) >= 11 is 0. The van der Waals surface area contributed by atoms with Crippen molar-refractivity contribution in [3.8, 4) is 11.5 Å². The largest absolute Gasteiger partial charge is 0.356 e. The summed E-state index contributed by atoms with van der Waals surface area (Å²) in [5.74, 6) is 2.27. The molecule has 1 amide bonds. The summed E-state index contributed by atoms with van der Waals surface area (Å²) < 4.78 is 7.13. The summed E-state index contributed by atoms with van der Waals surface area (Å²) in [6, 6.07) is 3.71. The highest BCUT2D eigenvalue weighted by atomic mass is 16.5. The van der Waals surface area contributed by atoms with Crippen LogP contribution in [0.15, 0.2) is 22.9 Å². The molecule has 1 aliphatic carbocycles. The number of aromatic nitrogens is 5. The van der Waals surface area contributed by atoms with E-state index in [1.165, 1.54) is 0 Å². The van der Waals surface area contributed by atoms with Crippen LogP contribution in [0.1, 0.15) is 43.8 Å². The van der Waals surface area contributed by atoms with Crippen molar-refractivity contribution in [2.24, 2.45) is 0 Å². The molecule has 0 aliphatic heterocycles. The van der Waals surface area contributed by atoms with Gasteiger partial charge in [-0.25, -0.2) is 0 Å². The minimum atomic E-state index is -0.0544. The second kappa shape index (κ2) is 6.03. The zero-order valence-corrected chi connectivity index (χ0v) is 13.4. The Morgan fingerprint density at radius 1 is 1.42 bits per heavy atom. The Labute approximate surface area is 138 Å². The molecule has 8 heteroatoms. The van der Waals surface area contributed by atoms with Gasteiger partial charge in [-0.15, -0.1) is 10.2 Å². The Morgan fingerprint density at radius 3 is 3.08 bits per heavy atom. The molecule has 1 N–H and O–H groups in total. The molecule has 0 unspecified atom stereocenters. The van der Waals surface area contributed by atoms with Gasteiger partial charge >= 0.3 is 0 Å². The molecule has 0 radical (unpaired) electrons. The Hall–Kier alpha value is -2.77. The maximum Gasteiger partial charge on any atom is 0.258 e. The lowest BCUT2D eigenvalue weighted by molar-refractivity contribution is -0.120. The van der Waals surface area contributed by atoms with Crippen molar-refractivity contribution in [3.63, 3.8) is 0 Å². The summed E-state index contributed by atoms with van der Waals surface area (Å²) in [4.78, 5) is 16.3. The van der Waals surface area contributed by atoms with Crippen molar-refractivity contribution in [1.82, 2.24) is 30.1 Å². The Kier molecular flexibility index (Phi) is 3.72. The third kappa shape index (κ3) is 2.86. The first-order chi connectivity index (χ1) is 11.7. The van der Waals surface area contributed by atoms with Gasteiger partial charge in [0.1, 0.15) is 5.82 Å². The molecule has 1 aliphatic rings. The van der Waals surface area contributed by atoms with Gasteiger partial charge in [-0.05, 0) is 31.4 Å². The van der Waals surface area contributed by atoms with E-state index in [1.807, 2.05) is 25.3 Å². The monoisotopic (exact) mass is 326 g/mol. The van der Waals surface area contributed by atoms with Crippen molar-refractivity contribution in [2.75, 3.05) is 6.54 Å². The van der Waals surface area contributed by atoms with Crippen LogP contribution in [-0.2, 0) is 11.2 Å². The molecule has 0 spiro atoms. The Balaban J connectivity index is 1.56. The van der Waals surface area contributed by atoms with Gasteiger partial charge in [0.25, 0.3) is 5.89 Å². The molecule has 3 heterocycles. The lowest BCUT2D eigenvalue weighted by Gasteiger charge is -2.02. The maximum absolute atomic E-state index is 11.8. The number of fused-ring (bicyclic) bond motifs is 1. The van der Waals surface area contributed by atoms with Crippen molar-refractivity contribution in [2.45, 2.75) is 38.5 Å². The zero-order chi connectivity index (χ0) is 16.5. The standard InChI is InChI=1S/C16H18N6O2/c1-2-6-17-14(23)9-13-20-19-12-8-11(5-7-22(12)13)16-18-15(21-24-16)10-3-4-10/h5,7-8,10H,2-4,6,9H2,1H3,(H,17,23). The molecule has 0 bridgehead atoms. The number of pyridine rings is 1. The first-order valence-electron chi connectivity index (χ1n) is 8.19.